The van der Waals surface area contributed by atoms with Crippen LogP contribution in [0.1, 0.15) is 28.9 Å². The van der Waals surface area contributed by atoms with Crippen LogP contribution in [0.5, 0.6) is 5.75 Å². The molecular formula is C18H17Cl2NO4. The lowest BCUT2D eigenvalue weighted by molar-refractivity contribution is -0.142. The molecular weight excluding hydrogens is 365 g/mol. The molecule has 1 atom stereocenters. The monoisotopic (exact) mass is 381 g/mol. The van der Waals surface area contributed by atoms with Gasteiger partial charge in [0.05, 0.1) is 13.2 Å². The molecule has 0 bridgehead atoms. The van der Waals surface area contributed by atoms with Crippen molar-refractivity contribution in [1.29, 1.82) is 0 Å². The van der Waals surface area contributed by atoms with Crippen LogP contribution in [0.25, 0.3) is 0 Å². The summed E-state index contributed by atoms with van der Waals surface area (Å²) < 4.78 is 9.79. The Labute approximate surface area is 155 Å². The van der Waals surface area contributed by atoms with Gasteiger partial charge in [-0.1, -0.05) is 35.3 Å². The number of amides is 1. The Hall–Kier alpha value is -2.24. The van der Waals surface area contributed by atoms with Gasteiger partial charge in [0.15, 0.2) is 6.61 Å². The molecule has 1 N–H and O–H groups in total. The average Bonchev–Trinajstić information content (AvgIpc) is 2.59. The van der Waals surface area contributed by atoms with E-state index in [0.717, 1.165) is 5.56 Å². The molecule has 0 saturated carbocycles. The fraction of sp³-hybridized carbons (Fsp3) is 0.222. The summed E-state index contributed by atoms with van der Waals surface area (Å²) in [4.78, 5) is 23.5. The number of hydrogen-bond acceptors (Lipinski definition) is 4. The number of halogens is 2. The van der Waals surface area contributed by atoms with Crippen molar-refractivity contribution in [2.24, 2.45) is 0 Å². The van der Waals surface area contributed by atoms with E-state index in [1.54, 1.807) is 42.5 Å². The summed E-state index contributed by atoms with van der Waals surface area (Å²) in [6, 6.07) is 11.3. The first-order chi connectivity index (χ1) is 11.9. The van der Waals surface area contributed by atoms with E-state index in [9.17, 15) is 9.59 Å². The minimum Gasteiger partial charge on any atom is -0.482 e. The second-order valence-corrected chi connectivity index (χ2v) is 6.10. The molecule has 0 aliphatic heterocycles. The van der Waals surface area contributed by atoms with Crippen LogP contribution in [0.3, 0.4) is 0 Å². The predicted octanol–water partition coefficient (Wildman–Crippen LogP) is 4.04. The van der Waals surface area contributed by atoms with E-state index in [0.29, 0.717) is 21.4 Å². The number of rotatable bonds is 6. The maximum absolute atomic E-state index is 12.4. The summed E-state index contributed by atoms with van der Waals surface area (Å²) in [6.07, 6.45) is 0. The fourth-order valence-corrected chi connectivity index (χ4v) is 2.71. The van der Waals surface area contributed by atoms with Crippen molar-refractivity contribution in [3.05, 3.63) is 63.6 Å². The van der Waals surface area contributed by atoms with Crippen molar-refractivity contribution in [2.45, 2.75) is 13.0 Å². The van der Waals surface area contributed by atoms with Gasteiger partial charge in [0.25, 0.3) is 5.91 Å². The van der Waals surface area contributed by atoms with E-state index in [-0.39, 0.29) is 18.6 Å². The summed E-state index contributed by atoms with van der Waals surface area (Å²) in [5, 5.41) is 3.87. The van der Waals surface area contributed by atoms with Crippen LogP contribution < -0.4 is 10.1 Å². The number of nitrogens with one attached hydrogen (secondary N) is 1. The Kier molecular flexibility index (Phi) is 6.67. The summed E-state index contributed by atoms with van der Waals surface area (Å²) >= 11 is 12.0. The summed E-state index contributed by atoms with van der Waals surface area (Å²) in [5.41, 5.74) is 1.16. The lowest BCUT2D eigenvalue weighted by atomic mass is 10.1. The number of methoxy groups -OCH3 is 1. The highest BCUT2D eigenvalue weighted by atomic mass is 35.5. The van der Waals surface area contributed by atoms with Crippen LogP contribution in [0.4, 0.5) is 0 Å². The van der Waals surface area contributed by atoms with Crippen LogP contribution >= 0.6 is 23.2 Å². The molecule has 0 aromatic heterocycles. The highest BCUT2D eigenvalue weighted by molar-refractivity contribution is 6.35. The quantitative estimate of drug-likeness (QED) is 0.766. The van der Waals surface area contributed by atoms with E-state index in [1.807, 2.05) is 6.92 Å². The Morgan fingerprint density at radius 1 is 1.16 bits per heavy atom. The third-order valence-electron chi connectivity index (χ3n) is 3.46. The zero-order chi connectivity index (χ0) is 18.4. The molecule has 2 aromatic carbocycles. The topological polar surface area (TPSA) is 64.6 Å². The smallest absolute Gasteiger partial charge is 0.343 e. The molecule has 132 valence electrons. The first-order valence-electron chi connectivity index (χ1n) is 7.46. The van der Waals surface area contributed by atoms with E-state index in [2.05, 4.69) is 10.1 Å². The number of carbonyl (C=O) groups is 2. The van der Waals surface area contributed by atoms with Crippen molar-refractivity contribution in [2.75, 3.05) is 13.7 Å². The zero-order valence-electron chi connectivity index (χ0n) is 13.7. The summed E-state index contributed by atoms with van der Waals surface area (Å²) in [6.45, 7) is 1.60. The van der Waals surface area contributed by atoms with Gasteiger partial charge in [-0.2, -0.15) is 0 Å². The third-order valence-corrected chi connectivity index (χ3v) is 4.02. The molecule has 25 heavy (non-hydrogen) atoms. The first kappa shape index (κ1) is 19.1. The van der Waals surface area contributed by atoms with Gasteiger partial charge in [-0.25, -0.2) is 4.79 Å². The molecule has 7 heteroatoms. The Balaban J connectivity index is 2.06. The Morgan fingerprint density at radius 3 is 2.60 bits per heavy atom. The van der Waals surface area contributed by atoms with Crippen molar-refractivity contribution >= 4 is 35.1 Å². The first-order valence-corrected chi connectivity index (χ1v) is 8.21. The minimum absolute atomic E-state index is 0.224. The van der Waals surface area contributed by atoms with Crippen molar-refractivity contribution in [3.8, 4) is 5.75 Å². The van der Waals surface area contributed by atoms with Gasteiger partial charge >= 0.3 is 5.97 Å². The molecule has 2 aromatic rings. The molecule has 1 amide bonds. The lowest BCUT2D eigenvalue weighted by Gasteiger charge is -2.16. The second kappa shape index (κ2) is 8.74. The second-order valence-electron chi connectivity index (χ2n) is 5.25. The van der Waals surface area contributed by atoms with Gasteiger partial charge in [0.1, 0.15) is 5.75 Å². The molecule has 5 nitrogen and oxygen atoms in total. The van der Waals surface area contributed by atoms with Gasteiger partial charge in [-0.15, -0.1) is 0 Å². The zero-order valence-corrected chi connectivity index (χ0v) is 15.2. The highest BCUT2D eigenvalue weighted by Crippen LogP contribution is 2.26. The average molecular weight is 382 g/mol. The van der Waals surface area contributed by atoms with E-state index >= 15 is 0 Å². The maximum Gasteiger partial charge on any atom is 0.343 e. The van der Waals surface area contributed by atoms with Gasteiger partial charge in [0, 0.05) is 15.6 Å². The molecule has 0 aliphatic carbocycles. The van der Waals surface area contributed by atoms with Crippen LogP contribution in [-0.2, 0) is 9.53 Å². The SMILES string of the molecule is COC(=O)COc1cccc(C(=O)NC(C)c2ccc(Cl)cc2Cl)c1. The van der Waals surface area contributed by atoms with Gasteiger partial charge < -0.3 is 14.8 Å². The molecule has 0 aliphatic rings. The van der Waals surface area contributed by atoms with Crippen molar-refractivity contribution in [3.63, 3.8) is 0 Å². The number of hydrogen-bond donors (Lipinski definition) is 1. The van der Waals surface area contributed by atoms with Gasteiger partial charge in [-0.3, -0.25) is 4.79 Å². The van der Waals surface area contributed by atoms with E-state index in [1.165, 1.54) is 7.11 Å². The predicted molar refractivity (Wildman–Crippen MR) is 96.3 cm³/mol. The molecule has 0 heterocycles. The summed E-state index contributed by atoms with van der Waals surface area (Å²) in [7, 11) is 1.28. The van der Waals surface area contributed by atoms with Crippen LogP contribution in [0.15, 0.2) is 42.5 Å². The molecule has 0 radical (unpaired) electrons. The third kappa shape index (κ3) is 5.37. The summed E-state index contributed by atoms with van der Waals surface area (Å²) in [5.74, 6) is -0.391. The highest BCUT2D eigenvalue weighted by Gasteiger charge is 2.15. The molecule has 0 spiro atoms. The minimum atomic E-state index is -0.499. The Morgan fingerprint density at radius 2 is 1.92 bits per heavy atom. The largest absolute Gasteiger partial charge is 0.482 e. The van der Waals surface area contributed by atoms with Crippen LogP contribution in [-0.4, -0.2) is 25.6 Å². The number of ether oxygens (including phenoxy) is 2. The lowest BCUT2D eigenvalue weighted by Crippen LogP contribution is -2.26. The molecule has 0 fully saturated rings. The van der Waals surface area contributed by atoms with Crippen molar-refractivity contribution in [1.82, 2.24) is 5.32 Å². The molecule has 1 unspecified atom stereocenters. The normalized spacial score (nSPS) is 11.5. The number of carbonyl (C=O) groups excluding carboxylic acids is 2. The van der Waals surface area contributed by atoms with Gasteiger partial charge in [0.2, 0.25) is 0 Å². The standard InChI is InChI=1S/C18H17Cl2NO4/c1-11(15-7-6-13(19)9-16(15)20)21-18(23)12-4-3-5-14(8-12)25-10-17(22)24-2/h3-9,11H,10H2,1-2H3,(H,21,23). The van der Waals surface area contributed by atoms with Crippen LogP contribution in [0, 0.1) is 0 Å². The van der Waals surface area contributed by atoms with E-state index in [4.69, 9.17) is 27.9 Å². The number of esters is 1. The fourth-order valence-electron chi connectivity index (χ4n) is 2.14. The van der Waals surface area contributed by atoms with Crippen molar-refractivity contribution < 1.29 is 19.1 Å². The molecule has 2 rings (SSSR count). The molecule has 0 saturated heterocycles. The Bertz CT molecular complexity index is 779. The number of benzene rings is 2. The van der Waals surface area contributed by atoms with Gasteiger partial charge in [-0.05, 0) is 42.8 Å². The maximum atomic E-state index is 12.4. The van der Waals surface area contributed by atoms with Crippen LogP contribution in [0.2, 0.25) is 10.0 Å². The van der Waals surface area contributed by atoms with E-state index < -0.39 is 5.97 Å².